The van der Waals surface area contributed by atoms with Gasteiger partial charge in [-0.05, 0) is 50.4 Å². The van der Waals surface area contributed by atoms with E-state index in [4.69, 9.17) is 16.6 Å². The van der Waals surface area contributed by atoms with Crippen molar-refractivity contribution in [3.8, 4) is 10.6 Å². The third kappa shape index (κ3) is 8.32. The first-order chi connectivity index (χ1) is 17.4. The van der Waals surface area contributed by atoms with Gasteiger partial charge in [-0.1, -0.05) is 31.5 Å². The van der Waals surface area contributed by atoms with Crippen molar-refractivity contribution in [2.24, 2.45) is 5.92 Å². The number of hydrogen-bond acceptors (Lipinski definition) is 7. The topological polar surface area (TPSA) is 73.4 Å². The monoisotopic (exact) mass is 634 g/mol. The van der Waals surface area contributed by atoms with Crippen LogP contribution in [-0.4, -0.2) is 77.5 Å². The van der Waals surface area contributed by atoms with E-state index in [1.165, 1.54) is 0 Å². The van der Waals surface area contributed by atoms with E-state index in [-0.39, 0.29) is 43.1 Å². The maximum absolute atomic E-state index is 12.7. The summed E-state index contributed by atoms with van der Waals surface area (Å²) in [7, 11) is 2.21. The quantitative estimate of drug-likeness (QED) is 0.271. The number of piperazine rings is 1. The summed E-state index contributed by atoms with van der Waals surface area (Å²) in [5.41, 5.74) is 1.40. The lowest BCUT2D eigenvalue weighted by molar-refractivity contribution is 0.0631. The number of nitrogens with one attached hydrogen (secondary N) is 2. The van der Waals surface area contributed by atoms with Crippen LogP contribution in [0.2, 0.25) is 5.02 Å². The number of thiophene rings is 1. The molecule has 2 fully saturated rings. The second kappa shape index (κ2) is 15.0. The fourth-order valence-corrected chi connectivity index (χ4v) is 6.22. The maximum atomic E-state index is 12.7. The van der Waals surface area contributed by atoms with Crippen LogP contribution >= 0.6 is 60.2 Å². The van der Waals surface area contributed by atoms with Gasteiger partial charge in [0.2, 0.25) is 5.95 Å². The average molecular weight is 637 g/mol. The molecule has 0 spiro atoms. The summed E-state index contributed by atoms with van der Waals surface area (Å²) < 4.78 is 1.05. The van der Waals surface area contributed by atoms with Crippen LogP contribution in [0.1, 0.15) is 43.5 Å². The van der Waals surface area contributed by atoms with Crippen molar-refractivity contribution in [2.45, 2.75) is 45.2 Å². The molecule has 1 unspecified atom stereocenters. The minimum atomic E-state index is -0.0105. The van der Waals surface area contributed by atoms with E-state index in [9.17, 15) is 4.79 Å². The van der Waals surface area contributed by atoms with Gasteiger partial charge in [-0.2, -0.15) is 0 Å². The molecule has 0 radical (unpaired) electrons. The van der Waals surface area contributed by atoms with E-state index < -0.39 is 0 Å². The second-order valence-corrected chi connectivity index (χ2v) is 11.8. The summed E-state index contributed by atoms with van der Waals surface area (Å²) >= 11 is 8.12. The fraction of sp³-hybridized carbons (Fsp3) is 0.519. The highest BCUT2D eigenvalue weighted by molar-refractivity contribution is 7.22. The molecule has 1 atom stereocenters. The highest BCUT2D eigenvalue weighted by Gasteiger charge is 2.27. The van der Waals surface area contributed by atoms with Gasteiger partial charge in [0.25, 0.3) is 5.91 Å². The van der Waals surface area contributed by atoms with Gasteiger partial charge in [0.05, 0.1) is 16.1 Å². The zero-order chi connectivity index (χ0) is 25.2. The minimum absolute atomic E-state index is 0. The van der Waals surface area contributed by atoms with Crippen molar-refractivity contribution < 1.29 is 4.79 Å². The van der Waals surface area contributed by atoms with E-state index in [2.05, 4.69) is 46.3 Å². The Morgan fingerprint density at radius 3 is 2.69 bits per heavy atom. The van der Waals surface area contributed by atoms with Crippen LogP contribution in [0, 0.1) is 5.92 Å². The summed E-state index contributed by atoms with van der Waals surface area (Å²) in [4.78, 5) is 27.9. The third-order valence-electron chi connectivity index (χ3n) is 7.11. The zero-order valence-corrected chi connectivity index (χ0v) is 26.5. The van der Waals surface area contributed by atoms with Crippen molar-refractivity contribution in [2.75, 3.05) is 45.1 Å². The van der Waals surface area contributed by atoms with Gasteiger partial charge in [-0.25, -0.2) is 9.97 Å². The number of nitrogens with zero attached hydrogens (tertiary/aromatic N) is 4. The van der Waals surface area contributed by atoms with Crippen LogP contribution in [0.5, 0.6) is 0 Å². The molecule has 2 aromatic heterocycles. The lowest BCUT2D eigenvalue weighted by Gasteiger charge is -2.42. The Labute approximate surface area is 258 Å². The van der Waals surface area contributed by atoms with Gasteiger partial charge in [0.1, 0.15) is 5.69 Å². The maximum Gasteiger partial charge on any atom is 0.252 e. The van der Waals surface area contributed by atoms with E-state index in [0.29, 0.717) is 40.2 Å². The summed E-state index contributed by atoms with van der Waals surface area (Å²) in [6.45, 7) is 9.87. The number of benzene rings is 1. The van der Waals surface area contributed by atoms with Gasteiger partial charge in [-0.3, -0.25) is 9.69 Å². The molecule has 2 aliphatic rings. The van der Waals surface area contributed by atoms with E-state index in [1.807, 2.05) is 24.3 Å². The predicted octanol–water partition coefficient (Wildman–Crippen LogP) is 6.24. The van der Waals surface area contributed by atoms with Gasteiger partial charge in [0, 0.05) is 60.5 Å². The summed E-state index contributed by atoms with van der Waals surface area (Å²) in [6.07, 6.45) is 4.82. The van der Waals surface area contributed by atoms with Gasteiger partial charge in [0.15, 0.2) is 0 Å². The van der Waals surface area contributed by atoms with Crippen molar-refractivity contribution in [3.63, 3.8) is 0 Å². The number of fused-ring (bicyclic) bond motifs is 1. The highest BCUT2D eigenvalue weighted by Crippen LogP contribution is 2.37. The molecule has 12 heteroatoms. The van der Waals surface area contributed by atoms with Crippen LogP contribution in [0.4, 0.5) is 5.95 Å². The number of aromatic nitrogens is 2. The SMILES string of the molecule is CC(C)C1CN(C)CCN1CCCNc1ncc(Cl)c(-c2cc3c(C(=O)NC4CC4)cccc3s2)n1.Cl.Cl.Cl. The van der Waals surface area contributed by atoms with Crippen molar-refractivity contribution in [1.29, 1.82) is 0 Å². The number of halogens is 4. The van der Waals surface area contributed by atoms with E-state index in [1.54, 1.807) is 17.5 Å². The standard InChI is InChI=1S/C27H35ClN6OS.3ClH/c1-17(2)22-16-33(3)12-13-34(22)11-5-10-29-27-30-15-21(28)25(32-27)24-14-20-19(6-4-7-23(20)36-24)26(35)31-18-8-9-18;;;/h4,6-7,14-15,17-18,22H,5,8-13,16H2,1-3H3,(H,31,35)(H,29,30,32);3*1H. The van der Waals surface area contributed by atoms with Crippen LogP contribution in [0.25, 0.3) is 20.7 Å². The number of rotatable bonds is 9. The van der Waals surface area contributed by atoms with Crippen molar-refractivity contribution in [3.05, 3.63) is 41.0 Å². The molecule has 0 bridgehead atoms. The Hall–Kier alpha value is -1.39. The normalized spacial score (nSPS) is 17.7. The van der Waals surface area contributed by atoms with Crippen molar-refractivity contribution in [1.82, 2.24) is 25.1 Å². The molecular formula is C27H38Cl4N6OS. The second-order valence-electron chi connectivity index (χ2n) is 10.4. The van der Waals surface area contributed by atoms with Crippen LogP contribution in [0.15, 0.2) is 30.5 Å². The molecule has 3 aromatic rings. The first-order valence-electron chi connectivity index (χ1n) is 12.9. The lowest BCUT2D eigenvalue weighted by Crippen LogP contribution is -2.54. The largest absolute Gasteiger partial charge is 0.354 e. The highest BCUT2D eigenvalue weighted by atomic mass is 35.5. The minimum Gasteiger partial charge on any atom is -0.354 e. The van der Waals surface area contributed by atoms with Gasteiger partial charge < -0.3 is 15.5 Å². The van der Waals surface area contributed by atoms with E-state index >= 15 is 0 Å². The first kappa shape index (κ1) is 33.8. The smallest absolute Gasteiger partial charge is 0.252 e. The Morgan fingerprint density at radius 2 is 1.97 bits per heavy atom. The van der Waals surface area contributed by atoms with Gasteiger partial charge >= 0.3 is 0 Å². The van der Waals surface area contributed by atoms with E-state index in [0.717, 1.165) is 66.9 Å². The molecule has 1 saturated carbocycles. The number of anilines is 1. The molecule has 1 saturated heterocycles. The molecule has 7 nitrogen and oxygen atoms in total. The Bertz CT molecular complexity index is 1240. The fourth-order valence-electron chi connectivity index (χ4n) is 4.88. The Kier molecular flexibility index (Phi) is 13.0. The predicted molar refractivity (Wildman–Crippen MR) is 171 cm³/mol. The number of carbonyl (C=O) groups is 1. The molecule has 216 valence electrons. The van der Waals surface area contributed by atoms with Crippen LogP contribution in [-0.2, 0) is 0 Å². The number of carbonyl (C=O) groups excluding carboxylic acids is 1. The summed E-state index contributed by atoms with van der Waals surface area (Å²) in [5.74, 6) is 1.21. The lowest BCUT2D eigenvalue weighted by atomic mass is 9.99. The molecule has 2 N–H and O–H groups in total. The van der Waals surface area contributed by atoms with Crippen molar-refractivity contribution >= 4 is 82.1 Å². The summed E-state index contributed by atoms with van der Waals surface area (Å²) in [6, 6.07) is 8.81. The average Bonchev–Trinajstić information content (AvgIpc) is 3.57. The number of hydrogen-bond donors (Lipinski definition) is 2. The molecule has 1 aromatic carbocycles. The Balaban J connectivity index is 0.00000178. The van der Waals surface area contributed by atoms with Gasteiger partial charge in [-0.15, -0.1) is 48.6 Å². The van der Waals surface area contributed by atoms with Crippen LogP contribution in [0.3, 0.4) is 0 Å². The molecule has 5 rings (SSSR count). The molecule has 39 heavy (non-hydrogen) atoms. The molecule has 3 heterocycles. The number of likely N-dealkylation sites (N-methyl/N-ethyl adjacent to an activating group) is 1. The third-order valence-corrected chi connectivity index (χ3v) is 8.49. The molecule has 1 amide bonds. The molecular weight excluding hydrogens is 598 g/mol. The summed E-state index contributed by atoms with van der Waals surface area (Å²) in [5, 5.41) is 7.93. The number of amides is 1. The van der Waals surface area contributed by atoms with Crippen LogP contribution < -0.4 is 10.6 Å². The molecule has 1 aliphatic heterocycles. The molecule has 1 aliphatic carbocycles. The first-order valence-corrected chi connectivity index (χ1v) is 14.1. The zero-order valence-electron chi connectivity index (χ0n) is 22.5. The Morgan fingerprint density at radius 1 is 1.21 bits per heavy atom.